The average Bonchev–Trinajstić information content (AvgIpc) is 3.12. The van der Waals surface area contributed by atoms with Gasteiger partial charge in [0.1, 0.15) is 0 Å². The molecule has 1 heterocycles. The van der Waals surface area contributed by atoms with E-state index in [9.17, 15) is 0 Å². The van der Waals surface area contributed by atoms with Crippen molar-refractivity contribution in [2.75, 3.05) is 6.61 Å². The molecule has 0 unspecified atom stereocenters. The van der Waals surface area contributed by atoms with E-state index in [2.05, 4.69) is 72.8 Å². The summed E-state index contributed by atoms with van der Waals surface area (Å²) in [5.74, 6) is 0. The Kier molecular flexibility index (Phi) is 12.2. The molecule has 1 aliphatic rings. The molecule has 5 aromatic carbocycles. The maximum atomic E-state index is 6.99. The van der Waals surface area contributed by atoms with Gasteiger partial charge < -0.3 is 0 Å². The molecule has 0 spiro atoms. The van der Waals surface area contributed by atoms with Gasteiger partial charge in [0.25, 0.3) is 0 Å². The minimum atomic E-state index is -0.428. The Balaban J connectivity index is 1.31. The first kappa shape index (κ1) is 32.4. The molecule has 0 aromatic heterocycles. The molecule has 236 valence electrons. The van der Waals surface area contributed by atoms with Gasteiger partial charge in [-0.1, -0.05) is 0 Å². The second-order valence-corrected chi connectivity index (χ2v) is 13.7. The molecule has 6 heteroatoms. The van der Waals surface area contributed by atoms with Crippen molar-refractivity contribution < 1.29 is 23.7 Å². The summed E-state index contributed by atoms with van der Waals surface area (Å²) in [6.07, 6.45) is -1.55. The number of hydrogen-bond acceptors (Lipinski definition) is 5. The number of benzene rings is 5. The van der Waals surface area contributed by atoms with Gasteiger partial charge in [0.2, 0.25) is 0 Å². The monoisotopic (exact) mass is 680 g/mol. The SMILES string of the molecule is c1ccc(COC[C@H]2O[C@H]([Se]c3ccccc3)[C@H](OCc3ccccc3)[C@@H](OCc3ccccc3)[C@@H]2OCc2ccccc2)cc1. The summed E-state index contributed by atoms with van der Waals surface area (Å²) in [6.45, 7) is 2.16. The zero-order valence-electron chi connectivity index (χ0n) is 25.8. The summed E-state index contributed by atoms with van der Waals surface area (Å²) in [6, 6.07) is 51.5. The third-order valence-electron chi connectivity index (χ3n) is 7.84. The zero-order valence-corrected chi connectivity index (χ0v) is 27.5. The van der Waals surface area contributed by atoms with Crippen molar-refractivity contribution >= 4 is 19.4 Å². The summed E-state index contributed by atoms with van der Waals surface area (Å²) in [4.78, 5) is 0. The van der Waals surface area contributed by atoms with E-state index in [1.54, 1.807) is 0 Å². The van der Waals surface area contributed by atoms with Gasteiger partial charge in [-0.2, -0.15) is 0 Å². The van der Waals surface area contributed by atoms with Crippen LogP contribution in [0.3, 0.4) is 0 Å². The molecule has 5 atom stereocenters. The molecule has 46 heavy (non-hydrogen) atoms. The standard InChI is InChI=1S/C40H40O5Se/c1-6-16-31(17-7-1)26-41-30-36-37(42-27-32-18-8-2-9-19-32)38(43-28-33-20-10-3-11-21-33)39(44-29-34-22-12-4-13-23-34)40(45-36)46-35-24-14-5-15-25-35/h1-25,36-40H,26-30H2/t36-,37-,38+,39-,40-/m1/s1. The number of hydrogen-bond donors (Lipinski definition) is 0. The van der Waals surface area contributed by atoms with Crippen LogP contribution < -0.4 is 4.46 Å². The molecular weight excluding hydrogens is 639 g/mol. The summed E-state index contributed by atoms with van der Waals surface area (Å²) in [5.41, 5.74) is 4.40. The van der Waals surface area contributed by atoms with Crippen molar-refractivity contribution in [1.82, 2.24) is 0 Å². The third-order valence-corrected chi connectivity index (χ3v) is 10.3. The fourth-order valence-corrected chi connectivity index (χ4v) is 7.88. The van der Waals surface area contributed by atoms with Crippen LogP contribution in [0.25, 0.3) is 0 Å². The molecule has 0 aliphatic carbocycles. The Morgan fingerprint density at radius 1 is 0.435 bits per heavy atom. The normalized spacial score (nSPS) is 21.2. The molecular formula is C40H40O5Se. The molecule has 0 bridgehead atoms. The van der Waals surface area contributed by atoms with E-state index in [0.717, 1.165) is 22.3 Å². The molecule has 0 radical (unpaired) electrons. The topological polar surface area (TPSA) is 46.2 Å². The summed E-state index contributed by atoms with van der Waals surface area (Å²) in [5, 5.41) is -0.221. The number of ether oxygens (including phenoxy) is 5. The molecule has 5 nitrogen and oxygen atoms in total. The Morgan fingerprint density at radius 3 is 1.30 bits per heavy atom. The average molecular weight is 680 g/mol. The van der Waals surface area contributed by atoms with Gasteiger partial charge in [-0.3, -0.25) is 0 Å². The molecule has 6 rings (SSSR count). The summed E-state index contributed by atoms with van der Waals surface area (Å²) >= 11 is -0.0565. The molecule has 1 fully saturated rings. The van der Waals surface area contributed by atoms with Gasteiger partial charge in [-0.05, 0) is 0 Å². The maximum absolute atomic E-state index is 6.99. The van der Waals surface area contributed by atoms with Crippen LogP contribution in [-0.4, -0.2) is 51.0 Å². The predicted molar refractivity (Wildman–Crippen MR) is 182 cm³/mol. The first-order valence-electron chi connectivity index (χ1n) is 15.8. The minimum absolute atomic E-state index is 0.0565. The second kappa shape index (κ2) is 17.4. The third kappa shape index (κ3) is 9.47. The zero-order chi connectivity index (χ0) is 31.2. The van der Waals surface area contributed by atoms with Crippen LogP contribution >= 0.6 is 0 Å². The van der Waals surface area contributed by atoms with Crippen molar-refractivity contribution in [2.45, 2.75) is 55.8 Å². The van der Waals surface area contributed by atoms with Gasteiger partial charge in [-0.25, -0.2) is 0 Å². The van der Waals surface area contributed by atoms with Crippen LogP contribution in [0, 0.1) is 0 Å². The van der Waals surface area contributed by atoms with Crippen LogP contribution in [0.5, 0.6) is 0 Å². The first-order chi connectivity index (χ1) is 22.8. The van der Waals surface area contributed by atoms with Crippen LogP contribution in [-0.2, 0) is 50.1 Å². The Labute approximate surface area is 278 Å². The predicted octanol–water partition coefficient (Wildman–Crippen LogP) is 6.71. The van der Waals surface area contributed by atoms with E-state index < -0.39 is 12.2 Å². The van der Waals surface area contributed by atoms with Gasteiger partial charge in [0.15, 0.2) is 0 Å². The van der Waals surface area contributed by atoms with Crippen LogP contribution in [0.4, 0.5) is 0 Å². The van der Waals surface area contributed by atoms with E-state index in [-0.39, 0.29) is 32.2 Å². The van der Waals surface area contributed by atoms with Gasteiger partial charge in [0.05, 0.1) is 0 Å². The Morgan fingerprint density at radius 2 is 0.826 bits per heavy atom. The molecule has 0 N–H and O–H groups in total. The van der Waals surface area contributed by atoms with E-state index >= 15 is 0 Å². The first-order valence-corrected chi connectivity index (χ1v) is 17.6. The van der Waals surface area contributed by atoms with Crippen molar-refractivity contribution in [3.8, 4) is 0 Å². The molecule has 1 saturated heterocycles. The van der Waals surface area contributed by atoms with Crippen LogP contribution in [0.2, 0.25) is 0 Å². The summed E-state index contributed by atoms with van der Waals surface area (Å²) < 4.78 is 35.0. The van der Waals surface area contributed by atoms with Crippen molar-refractivity contribution in [1.29, 1.82) is 0 Å². The molecule has 0 saturated carbocycles. The van der Waals surface area contributed by atoms with Crippen molar-refractivity contribution in [3.05, 3.63) is 174 Å². The molecule has 0 amide bonds. The van der Waals surface area contributed by atoms with E-state index in [1.807, 2.05) is 78.9 Å². The van der Waals surface area contributed by atoms with Crippen molar-refractivity contribution in [2.24, 2.45) is 0 Å². The molecule has 1 aliphatic heterocycles. The fourth-order valence-electron chi connectivity index (χ4n) is 5.48. The number of rotatable bonds is 15. The molecule has 5 aromatic rings. The van der Waals surface area contributed by atoms with E-state index in [4.69, 9.17) is 23.7 Å². The van der Waals surface area contributed by atoms with Crippen LogP contribution in [0.15, 0.2) is 152 Å². The van der Waals surface area contributed by atoms with Gasteiger partial charge in [0, 0.05) is 0 Å². The fraction of sp³-hybridized carbons (Fsp3) is 0.250. The summed E-state index contributed by atoms with van der Waals surface area (Å²) in [7, 11) is 0. The second-order valence-electron chi connectivity index (χ2n) is 11.3. The van der Waals surface area contributed by atoms with Gasteiger partial charge in [-0.15, -0.1) is 0 Å². The van der Waals surface area contributed by atoms with Crippen LogP contribution in [0.1, 0.15) is 22.3 Å². The van der Waals surface area contributed by atoms with Crippen molar-refractivity contribution in [3.63, 3.8) is 0 Å². The Bertz CT molecular complexity index is 1540. The van der Waals surface area contributed by atoms with E-state index in [1.165, 1.54) is 4.46 Å². The van der Waals surface area contributed by atoms with Gasteiger partial charge >= 0.3 is 279 Å². The quantitative estimate of drug-likeness (QED) is 0.115. The Hall–Kier alpha value is -3.58. The van der Waals surface area contributed by atoms with E-state index in [0.29, 0.717) is 33.0 Å².